The van der Waals surface area contributed by atoms with E-state index in [2.05, 4.69) is 47.8 Å². The van der Waals surface area contributed by atoms with Crippen LogP contribution in [0.2, 0.25) is 0 Å². The second kappa shape index (κ2) is 11.0. The summed E-state index contributed by atoms with van der Waals surface area (Å²) >= 11 is 9.67. The first-order chi connectivity index (χ1) is 11.8. The van der Waals surface area contributed by atoms with Crippen LogP contribution >= 0.6 is 47.8 Å². The molecule has 7 heteroatoms. The molecule has 0 spiro atoms. The van der Waals surface area contributed by atoms with E-state index in [1.165, 1.54) is 0 Å². The smallest absolute Gasteiger partial charge is 0.138 e. The molecule has 3 rings (SSSR count). The zero-order valence-electron chi connectivity index (χ0n) is 12.9. The van der Waals surface area contributed by atoms with Gasteiger partial charge in [-0.1, -0.05) is 47.8 Å². The van der Waals surface area contributed by atoms with Crippen LogP contribution in [0.4, 0.5) is 5.69 Å². The highest BCUT2D eigenvalue weighted by Gasteiger charge is 1.93. The Hall–Kier alpha value is -1.70. The van der Waals surface area contributed by atoms with E-state index in [0.29, 0.717) is 17.2 Å². The van der Waals surface area contributed by atoms with Gasteiger partial charge in [0, 0.05) is 13.4 Å². The fourth-order valence-corrected chi connectivity index (χ4v) is 2.32. The second-order valence-corrected chi connectivity index (χ2v) is 7.40. The number of hydrogen-bond acceptors (Lipinski definition) is 4. The average Bonchev–Trinajstić information content (AvgIpc) is 2.58. The third-order valence-corrected chi connectivity index (χ3v) is 4.19. The maximum Gasteiger partial charge on any atom is 0.138 e. The zero-order valence-corrected chi connectivity index (χ0v) is 17.7. The predicted octanol–water partition coefficient (Wildman–Crippen LogP) is 6.05. The number of rotatable bonds is 0. The molecule has 0 aromatic heterocycles. The highest BCUT2D eigenvalue weighted by Crippen LogP contribution is 2.23. The van der Waals surface area contributed by atoms with Crippen molar-refractivity contribution in [3.8, 4) is 17.2 Å². The van der Waals surface area contributed by atoms with Crippen molar-refractivity contribution in [3.63, 3.8) is 0 Å². The van der Waals surface area contributed by atoms with Gasteiger partial charge in [-0.25, -0.2) is 0 Å². The Morgan fingerprint density at radius 1 is 0.560 bits per heavy atom. The minimum atomic E-state index is 0.123. The van der Waals surface area contributed by atoms with Gasteiger partial charge in [-0.2, -0.15) is 0 Å². The Morgan fingerprint density at radius 3 is 1.20 bits per heavy atom. The molecule has 0 atom stereocenters. The Bertz CT molecular complexity index is 693. The van der Waals surface area contributed by atoms with Gasteiger partial charge in [0.15, 0.2) is 0 Å². The zero-order chi connectivity index (χ0) is 18.8. The quantitative estimate of drug-likeness (QED) is 0.209. The summed E-state index contributed by atoms with van der Waals surface area (Å²) in [5, 5.41) is 26.4. The van der Waals surface area contributed by atoms with Crippen LogP contribution < -0.4 is 5.73 Å². The van der Waals surface area contributed by atoms with Gasteiger partial charge < -0.3 is 21.1 Å². The first-order valence-corrected chi connectivity index (χ1v) is 9.29. The molecule has 3 aromatic rings. The molecule has 0 saturated heterocycles. The van der Waals surface area contributed by atoms with Gasteiger partial charge in [-0.15, -0.1) is 0 Å². The lowest BCUT2D eigenvalue weighted by molar-refractivity contribution is 0.474. The molecule has 0 bridgehead atoms. The molecule has 0 aliphatic carbocycles. The van der Waals surface area contributed by atoms with Gasteiger partial charge >= 0.3 is 0 Å². The second-order valence-electron chi connectivity index (χ2n) is 4.66. The molecule has 0 aliphatic rings. The highest BCUT2D eigenvalue weighted by atomic mass is 79.9. The van der Waals surface area contributed by atoms with Gasteiger partial charge in [0.2, 0.25) is 0 Å². The summed E-state index contributed by atoms with van der Waals surface area (Å²) < 4.78 is 2.84. The molecule has 25 heavy (non-hydrogen) atoms. The minimum absolute atomic E-state index is 0.123. The van der Waals surface area contributed by atoms with E-state index < -0.39 is 0 Å². The van der Waals surface area contributed by atoms with E-state index in [1.807, 2.05) is 0 Å². The molecular formula is C18H16Br3NO3. The van der Waals surface area contributed by atoms with Crippen molar-refractivity contribution in [1.29, 1.82) is 0 Å². The summed E-state index contributed by atoms with van der Waals surface area (Å²) in [6.45, 7) is 0. The maximum atomic E-state index is 8.90. The van der Waals surface area contributed by atoms with Gasteiger partial charge in [0.05, 0.1) is 5.69 Å². The van der Waals surface area contributed by atoms with E-state index in [1.54, 1.807) is 66.7 Å². The molecule has 0 heterocycles. The van der Waals surface area contributed by atoms with Crippen LogP contribution in [0.15, 0.2) is 80.1 Å². The summed E-state index contributed by atoms with van der Waals surface area (Å²) in [6, 6.07) is 18.6. The Balaban J connectivity index is 0.000000188. The summed E-state index contributed by atoms with van der Waals surface area (Å²) in [5.41, 5.74) is 5.73. The predicted molar refractivity (Wildman–Crippen MR) is 112 cm³/mol. The van der Waals surface area contributed by atoms with Crippen molar-refractivity contribution in [2.24, 2.45) is 0 Å². The lowest BCUT2D eigenvalue weighted by Crippen LogP contribution is -1.83. The van der Waals surface area contributed by atoms with E-state index in [0.717, 1.165) is 13.4 Å². The summed E-state index contributed by atoms with van der Waals surface area (Å²) in [7, 11) is 0. The Labute approximate surface area is 171 Å². The number of nitrogens with two attached hydrogens (primary N) is 1. The molecule has 0 saturated carbocycles. The fourth-order valence-electron chi connectivity index (χ4n) is 1.41. The molecule has 0 aliphatic heterocycles. The summed E-state index contributed by atoms with van der Waals surface area (Å²) in [6.07, 6.45) is 0. The number of nitrogen functional groups attached to an aromatic ring is 1. The SMILES string of the molecule is Nc1cc(Br)ccc1O.Oc1ccc(Br)cc1.Oc1ccc(Br)cc1. The van der Waals surface area contributed by atoms with Crippen molar-refractivity contribution < 1.29 is 15.3 Å². The number of hydrogen-bond donors (Lipinski definition) is 4. The maximum absolute atomic E-state index is 8.90. The lowest BCUT2D eigenvalue weighted by atomic mass is 10.3. The molecule has 0 amide bonds. The molecule has 0 fully saturated rings. The Morgan fingerprint density at radius 2 is 0.920 bits per heavy atom. The van der Waals surface area contributed by atoms with Gasteiger partial charge in [-0.3, -0.25) is 0 Å². The minimum Gasteiger partial charge on any atom is -0.508 e. The van der Waals surface area contributed by atoms with Crippen molar-refractivity contribution >= 4 is 53.5 Å². The molecule has 0 radical (unpaired) electrons. The first kappa shape index (κ1) is 21.3. The largest absolute Gasteiger partial charge is 0.508 e. The van der Waals surface area contributed by atoms with Crippen LogP contribution in [0, 0.1) is 0 Å². The van der Waals surface area contributed by atoms with Gasteiger partial charge in [0.1, 0.15) is 17.2 Å². The number of aromatic hydroxyl groups is 3. The van der Waals surface area contributed by atoms with Crippen LogP contribution in [-0.2, 0) is 0 Å². The Kier molecular flexibility index (Phi) is 9.41. The number of phenols is 3. The van der Waals surface area contributed by atoms with Crippen molar-refractivity contribution in [1.82, 2.24) is 0 Å². The first-order valence-electron chi connectivity index (χ1n) is 6.91. The standard InChI is InChI=1S/C6H6BrNO.2C6H5BrO/c7-4-1-2-6(9)5(8)3-4;2*7-5-1-3-6(8)4-2-5/h1-3,9H,8H2;2*1-4,8H. The molecule has 3 aromatic carbocycles. The fraction of sp³-hybridized carbons (Fsp3) is 0. The number of anilines is 1. The van der Waals surface area contributed by atoms with Crippen molar-refractivity contribution in [2.75, 3.05) is 5.73 Å². The number of phenolic OH excluding ortho intramolecular Hbond substituents is 3. The molecule has 0 unspecified atom stereocenters. The van der Waals surface area contributed by atoms with Gasteiger partial charge in [-0.05, 0) is 66.7 Å². The van der Waals surface area contributed by atoms with Crippen LogP contribution in [0.25, 0.3) is 0 Å². The lowest BCUT2D eigenvalue weighted by Gasteiger charge is -1.96. The normalized spacial score (nSPS) is 9.24. The monoisotopic (exact) mass is 531 g/mol. The third-order valence-electron chi connectivity index (χ3n) is 2.64. The summed E-state index contributed by atoms with van der Waals surface area (Å²) in [4.78, 5) is 0. The van der Waals surface area contributed by atoms with Gasteiger partial charge in [0.25, 0.3) is 0 Å². The molecule has 132 valence electrons. The number of benzene rings is 3. The van der Waals surface area contributed by atoms with Crippen LogP contribution in [0.5, 0.6) is 17.2 Å². The van der Waals surface area contributed by atoms with Crippen LogP contribution in [0.1, 0.15) is 0 Å². The highest BCUT2D eigenvalue weighted by molar-refractivity contribution is 9.11. The van der Waals surface area contributed by atoms with E-state index >= 15 is 0 Å². The molecule has 5 N–H and O–H groups in total. The van der Waals surface area contributed by atoms with Crippen LogP contribution in [0.3, 0.4) is 0 Å². The topological polar surface area (TPSA) is 86.7 Å². The van der Waals surface area contributed by atoms with Crippen molar-refractivity contribution in [2.45, 2.75) is 0 Å². The molecule has 4 nitrogen and oxygen atoms in total. The van der Waals surface area contributed by atoms with E-state index in [4.69, 9.17) is 21.1 Å². The average molecular weight is 534 g/mol. The number of halogens is 3. The summed E-state index contributed by atoms with van der Waals surface area (Å²) in [5.74, 6) is 0.722. The third kappa shape index (κ3) is 9.38. The van der Waals surface area contributed by atoms with E-state index in [-0.39, 0.29) is 5.75 Å². The molecular weight excluding hydrogens is 518 g/mol. The van der Waals surface area contributed by atoms with Crippen LogP contribution in [-0.4, -0.2) is 15.3 Å². The van der Waals surface area contributed by atoms with Crippen molar-refractivity contribution in [3.05, 3.63) is 80.1 Å². The van der Waals surface area contributed by atoms with E-state index in [9.17, 15) is 0 Å².